The molecule has 0 radical (unpaired) electrons. The van der Waals surface area contributed by atoms with Gasteiger partial charge >= 0.3 is 6.61 Å². The maximum absolute atomic E-state index is 12.3. The minimum absolute atomic E-state index is 0.00473. The van der Waals surface area contributed by atoms with Gasteiger partial charge in [0, 0.05) is 12.1 Å². The zero-order chi connectivity index (χ0) is 14.8. The number of hydrogen-bond donors (Lipinski definition) is 0. The van der Waals surface area contributed by atoms with Crippen LogP contribution in [0.4, 0.5) is 8.78 Å². The topological polar surface area (TPSA) is 49.7 Å². The molecule has 0 spiro atoms. The van der Waals surface area contributed by atoms with E-state index in [4.69, 9.17) is 9.47 Å². The highest BCUT2D eigenvalue weighted by Gasteiger charge is 2.18. The number of alkyl halides is 2. The minimum Gasteiger partial charge on any atom is -0.435 e. The summed E-state index contributed by atoms with van der Waals surface area (Å²) >= 11 is 0. The Bertz CT molecular complexity index is 695. The van der Waals surface area contributed by atoms with E-state index in [-0.39, 0.29) is 17.9 Å². The maximum Gasteiger partial charge on any atom is 0.387 e. The van der Waals surface area contributed by atoms with E-state index in [2.05, 4.69) is 4.74 Å². The van der Waals surface area contributed by atoms with Gasteiger partial charge in [-0.3, -0.25) is 4.79 Å². The van der Waals surface area contributed by atoms with Crippen LogP contribution in [0.15, 0.2) is 35.1 Å². The van der Waals surface area contributed by atoms with Crippen LogP contribution in [0.3, 0.4) is 0 Å². The Hall–Kier alpha value is -1.99. The molecule has 2 aromatic rings. The number of pyridine rings is 1. The molecule has 1 saturated heterocycles. The van der Waals surface area contributed by atoms with E-state index in [1.54, 1.807) is 12.1 Å². The van der Waals surface area contributed by atoms with Crippen molar-refractivity contribution in [3.63, 3.8) is 0 Å². The zero-order valence-electron chi connectivity index (χ0n) is 11.0. The Morgan fingerprint density at radius 3 is 2.67 bits per heavy atom. The molecule has 2 heterocycles. The van der Waals surface area contributed by atoms with Crippen LogP contribution in [0.25, 0.3) is 10.9 Å². The van der Waals surface area contributed by atoms with Crippen molar-refractivity contribution < 1.29 is 23.0 Å². The summed E-state index contributed by atoms with van der Waals surface area (Å²) in [5.41, 5.74) is 0.246. The van der Waals surface area contributed by atoms with E-state index in [9.17, 15) is 13.6 Å². The van der Waals surface area contributed by atoms with Gasteiger partial charge in [0.1, 0.15) is 5.75 Å². The van der Waals surface area contributed by atoms with E-state index < -0.39 is 12.9 Å². The summed E-state index contributed by atoms with van der Waals surface area (Å²) in [5, 5.41) is 0.745. The standard InChI is InChI=1S/C14H13F2NO4/c15-14(16)21-10-3-1-9-2-4-12(18)17(11(9)7-10)8-13-19-5-6-20-13/h1-4,7,13-14H,5-6,8H2. The lowest BCUT2D eigenvalue weighted by Crippen LogP contribution is -2.26. The molecule has 3 rings (SSSR count). The summed E-state index contributed by atoms with van der Waals surface area (Å²) < 4.78 is 41.0. The van der Waals surface area contributed by atoms with Crippen LogP contribution < -0.4 is 10.3 Å². The quantitative estimate of drug-likeness (QED) is 0.866. The first-order valence-corrected chi connectivity index (χ1v) is 6.45. The fourth-order valence-corrected chi connectivity index (χ4v) is 2.29. The van der Waals surface area contributed by atoms with Crippen LogP contribution in [0.2, 0.25) is 0 Å². The molecule has 1 aromatic heterocycles. The molecular formula is C14H13F2NO4. The van der Waals surface area contributed by atoms with Gasteiger partial charge in [0.15, 0.2) is 6.29 Å². The van der Waals surface area contributed by atoms with E-state index in [0.29, 0.717) is 18.7 Å². The highest BCUT2D eigenvalue weighted by molar-refractivity contribution is 5.80. The molecule has 1 aliphatic rings. The number of nitrogens with zero attached hydrogens (tertiary/aromatic N) is 1. The van der Waals surface area contributed by atoms with Crippen LogP contribution in [0, 0.1) is 0 Å². The van der Waals surface area contributed by atoms with Crippen LogP contribution in [-0.4, -0.2) is 30.7 Å². The molecule has 21 heavy (non-hydrogen) atoms. The van der Waals surface area contributed by atoms with Gasteiger partial charge in [0.25, 0.3) is 5.56 Å². The molecule has 1 aliphatic heterocycles. The number of fused-ring (bicyclic) bond motifs is 1. The molecule has 0 atom stereocenters. The first-order chi connectivity index (χ1) is 10.1. The van der Waals surface area contributed by atoms with Crippen molar-refractivity contribution in [3.05, 3.63) is 40.7 Å². The van der Waals surface area contributed by atoms with Crippen molar-refractivity contribution in [3.8, 4) is 5.75 Å². The molecule has 112 valence electrons. The van der Waals surface area contributed by atoms with Crippen molar-refractivity contribution in [1.29, 1.82) is 0 Å². The molecular weight excluding hydrogens is 284 g/mol. The largest absolute Gasteiger partial charge is 0.435 e. The molecule has 0 amide bonds. The average Bonchev–Trinajstić information content (AvgIpc) is 2.94. The number of hydrogen-bond acceptors (Lipinski definition) is 4. The van der Waals surface area contributed by atoms with E-state index in [1.165, 1.54) is 22.8 Å². The second-order valence-electron chi connectivity index (χ2n) is 4.55. The van der Waals surface area contributed by atoms with Crippen molar-refractivity contribution in [1.82, 2.24) is 4.57 Å². The molecule has 0 bridgehead atoms. The van der Waals surface area contributed by atoms with Crippen molar-refractivity contribution in [2.75, 3.05) is 13.2 Å². The first-order valence-electron chi connectivity index (χ1n) is 6.45. The van der Waals surface area contributed by atoms with Gasteiger partial charge in [-0.25, -0.2) is 0 Å². The number of halogens is 2. The van der Waals surface area contributed by atoms with Gasteiger partial charge in [-0.1, -0.05) is 0 Å². The summed E-state index contributed by atoms with van der Waals surface area (Å²) in [6, 6.07) is 7.53. The minimum atomic E-state index is -2.91. The van der Waals surface area contributed by atoms with Crippen LogP contribution in [0.1, 0.15) is 0 Å². The molecule has 1 aromatic carbocycles. The molecule has 0 unspecified atom stereocenters. The van der Waals surface area contributed by atoms with E-state index >= 15 is 0 Å². The van der Waals surface area contributed by atoms with Gasteiger partial charge < -0.3 is 18.8 Å². The van der Waals surface area contributed by atoms with E-state index in [1.807, 2.05) is 0 Å². The fourth-order valence-electron chi connectivity index (χ4n) is 2.29. The zero-order valence-corrected chi connectivity index (χ0v) is 11.0. The summed E-state index contributed by atoms with van der Waals surface area (Å²) in [6.45, 7) is -1.75. The van der Waals surface area contributed by atoms with Gasteiger partial charge in [-0.05, 0) is 23.6 Å². The summed E-state index contributed by atoms with van der Waals surface area (Å²) in [4.78, 5) is 12.0. The van der Waals surface area contributed by atoms with Gasteiger partial charge in [-0.15, -0.1) is 0 Å². The monoisotopic (exact) mass is 297 g/mol. The van der Waals surface area contributed by atoms with Crippen LogP contribution in [-0.2, 0) is 16.0 Å². The maximum atomic E-state index is 12.3. The molecule has 0 saturated carbocycles. The Morgan fingerprint density at radius 2 is 1.95 bits per heavy atom. The number of ether oxygens (including phenoxy) is 3. The first kappa shape index (κ1) is 14.0. The third-order valence-corrected chi connectivity index (χ3v) is 3.21. The highest BCUT2D eigenvalue weighted by atomic mass is 19.3. The summed E-state index contributed by atoms with van der Waals surface area (Å²) in [5.74, 6) is 0.00473. The van der Waals surface area contributed by atoms with Crippen molar-refractivity contribution in [2.24, 2.45) is 0 Å². The Kier molecular flexibility index (Phi) is 3.85. The lowest BCUT2D eigenvalue weighted by Gasteiger charge is -2.15. The Balaban J connectivity index is 2.02. The number of aromatic nitrogens is 1. The average molecular weight is 297 g/mol. The second-order valence-corrected chi connectivity index (χ2v) is 4.55. The SMILES string of the molecule is O=c1ccc2ccc(OC(F)F)cc2n1CC1OCCO1. The second kappa shape index (κ2) is 5.79. The van der Waals surface area contributed by atoms with Crippen molar-refractivity contribution in [2.45, 2.75) is 19.4 Å². The molecule has 1 fully saturated rings. The molecule has 0 N–H and O–H groups in total. The lowest BCUT2D eigenvalue weighted by molar-refractivity contribution is -0.0528. The molecule has 7 heteroatoms. The fraction of sp³-hybridized carbons (Fsp3) is 0.357. The smallest absolute Gasteiger partial charge is 0.387 e. The van der Waals surface area contributed by atoms with Gasteiger partial charge in [0.05, 0.1) is 25.3 Å². The number of benzene rings is 1. The summed E-state index contributed by atoms with van der Waals surface area (Å²) in [7, 11) is 0. The number of rotatable bonds is 4. The van der Waals surface area contributed by atoms with Gasteiger partial charge in [0.2, 0.25) is 0 Å². The van der Waals surface area contributed by atoms with E-state index in [0.717, 1.165) is 5.39 Å². The normalized spacial score (nSPS) is 16.0. The third-order valence-electron chi connectivity index (χ3n) is 3.21. The predicted octanol–water partition coefficient (Wildman–Crippen LogP) is 1.98. The van der Waals surface area contributed by atoms with Crippen molar-refractivity contribution >= 4 is 10.9 Å². The predicted molar refractivity (Wildman–Crippen MR) is 70.5 cm³/mol. The van der Waals surface area contributed by atoms with Crippen LogP contribution >= 0.6 is 0 Å². The molecule has 0 aliphatic carbocycles. The molecule has 5 nitrogen and oxygen atoms in total. The van der Waals surface area contributed by atoms with Gasteiger partial charge in [-0.2, -0.15) is 8.78 Å². The third kappa shape index (κ3) is 3.03. The van der Waals surface area contributed by atoms with Crippen LogP contribution in [0.5, 0.6) is 5.75 Å². The highest BCUT2D eigenvalue weighted by Crippen LogP contribution is 2.22. The Labute approximate surface area is 118 Å². The Morgan fingerprint density at radius 1 is 1.24 bits per heavy atom. The lowest BCUT2D eigenvalue weighted by atomic mass is 10.2. The summed E-state index contributed by atoms with van der Waals surface area (Å²) in [6.07, 6.45) is -0.507.